The van der Waals surface area contributed by atoms with Gasteiger partial charge in [-0.1, -0.05) is 24.3 Å². The molecule has 6 heteroatoms. The molecule has 2 aromatic carbocycles. The highest BCUT2D eigenvalue weighted by Crippen LogP contribution is 2.53. The fraction of sp³-hybridized carbons (Fsp3) is 0.481. The van der Waals surface area contributed by atoms with Gasteiger partial charge in [0.2, 0.25) is 0 Å². The molecule has 0 unspecified atom stereocenters. The van der Waals surface area contributed by atoms with E-state index in [1.165, 1.54) is 6.07 Å². The lowest BCUT2D eigenvalue weighted by molar-refractivity contribution is -0.135. The second kappa shape index (κ2) is 9.55. The summed E-state index contributed by atoms with van der Waals surface area (Å²) in [6.07, 6.45) is 4.22. The molecule has 2 aromatic rings. The van der Waals surface area contributed by atoms with Gasteiger partial charge in [-0.05, 0) is 98.4 Å². The fourth-order valence-electron chi connectivity index (χ4n) is 5.36. The highest BCUT2D eigenvalue weighted by atomic mass is 19.4. The van der Waals surface area contributed by atoms with Crippen LogP contribution in [0.25, 0.3) is 22.3 Å². The van der Waals surface area contributed by atoms with E-state index >= 15 is 8.78 Å². The van der Waals surface area contributed by atoms with Crippen molar-refractivity contribution in [2.24, 2.45) is 5.92 Å². The van der Waals surface area contributed by atoms with E-state index in [0.29, 0.717) is 22.6 Å². The van der Waals surface area contributed by atoms with Crippen molar-refractivity contribution in [1.29, 1.82) is 0 Å². The van der Waals surface area contributed by atoms with E-state index in [-0.39, 0.29) is 35.4 Å². The Bertz CT molecular complexity index is 1040. The Hall–Kier alpha value is -2.24. The molecule has 2 aliphatic carbocycles. The van der Waals surface area contributed by atoms with Crippen molar-refractivity contribution in [3.05, 3.63) is 58.9 Å². The quantitative estimate of drug-likeness (QED) is 0.240. The van der Waals surface area contributed by atoms with Crippen molar-refractivity contribution >= 4 is 0 Å². The Labute approximate surface area is 190 Å². The van der Waals surface area contributed by atoms with Gasteiger partial charge >= 0.3 is 6.18 Å². The van der Waals surface area contributed by atoms with E-state index in [1.807, 2.05) is 13.0 Å². The fourth-order valence-corrected chi connectivity index (χ4v) is 5.36. The highest BCUT2D eigenvalue weighted by Gasteiger charge is 2.36. The van der Waals surface area contributed by atoms with Gasteiger partial charge in [0, 0.05) is 17.5 Å². The van der Waals surface area contributed by atoms with Crippen LogP contribution in [0.3, 0.4) is 0 Å². The van der Waals surface area contributed by atoms with Gasteiger partial charge in [-0.25, -0.2) is 13.2 Å². The van der Waals surface area contributed by atoms with Crippen LogP contribution >= 0.6 is 0 Å². The van der Waals surface area contributed by atoms with E-state index in [2.05, 4.69) is 6.08 Å². The van der Waals surface area contributed by atoms with Crippen LogP contribution < -0.4 is 0 Å². The molecule has 0 saturated heterocycles. The number of hydrogen-bond donors (Lipinski definition) is 0. The van der Waals surface area contributed by atoms with E-state index in [4.69, 9.17) is 0 Å². The predicted octanol–water partition coefficient (Wildman–Crippen LogP) is 9.27. The second-order valence-electron chi connectivity index (χ2n) is 9.31. The molecule has 1 fully saturated rings. The zero-order valence-electron chi connectivity index (χ0n) is 18.7. The second-order valence-corrected chi connectivity index (χ2v) is 9.31. The highest BCUT2D eigenvalue weighted by molar-refractivity contribution is 6.03. The number of allylic oxidation sites excluding steroid dienone is 2. The maximum atomic E-state index is 15.0. The summed E-state index contributed by atoms with van der Waals surface area (Å²) in [6, 6.07) is 4.73. The van der Waals surface area contributed by atoms with E-state index < -0.39 is 30.0 Å². The average molecular weight is 467 g/mol. The number of alkyl halides is 3. The number of aryl methyl sites for hydroxylation is 1. The van der Waals surface area contributed by atoms with E-state index in [0.717, 1.165) is 38.5 Å². The topological polar surface area (TPSA) is 0 Å². The molecule has 4 rings (SSSR count). The third-order valence-corrected chi connectivity index (χ3v) is 7.17. The lowest BCUT2D eigenvalue weighted by Crippen LogP contribution is -2.17. The molecular weight excluding hydrogens is 438 g/mol. The SMILES string of the molecule is C/C=C/CCC1CCC(c2cc3c(c(F)c2F)-c2c-3ccc(CCCC(F)(F)F)c2F)CC1. The molecule has 2 aliphatic rings. The van der Waals surface area contributed by atoms with Crippen molar-refractivity contribution in [3.63, 3.8) is 0 Å². The first-order chi connectivity index (χ1) is 15.7. The lowest BCUT2D eigenvalue weighted by Gasteiger charge is -2.32. The average Bonchev–Trinajstić information content (AvgIpc) is 2.75. The van der Waals surface area contributed by atoms with Gasteiger partial charge in [-0.2, -0.15) is 13.2 Å². The summed E-state index contributed by atoms with van der Waals surface area (Å²) >= 11 is 0. The Morgan fingerprint density at radius 3 is 2.27 bits per heavy atom. The lowest BCUT2D eigenvalue weighted by atomic mass is 9.73. The number of fused-ring (bicyclic) bond motifs is 4. The van der Waals surface area contributed by atoms with Gasteiger partial charge in [-0.15, -0.1) is 0 Å². The minimum atomic E-state index is -4.31. The minimum absolute atomic E-state index is 0.00912. The van der Waals surface area contributed by atoms with Crippen LogP contribution in [0.1, 0.15) is 75.3 Å². The summed E-state index contributed by atoms with van der Waals surface area (Å²) < 4.78 is 82.3. The van der Waals surface area contributed by atoms with Crippen LogP contribution in [0, 0.1) is 23.4 Å². The van der Waals surface area contributed by atoms with Crippen LogP contribution in [0.4, 0.5) is 26.3 Å². The summed E-state index contributed by atoms with van der Waals surface area (Å²) in [5.41, 5.74) is 1.37. The van der Waals surface area contributed by atoms with Crippen molar-refractivity contribution in [2.75, 3.05) is 0 Å². The molecule has 0 heterocycles. The molecule has 0 spiro atoms. The molecule has 0 amide bonds. The molecule has 0 aliphatic heterocycles. The zero-order chi connectivity index (χ0) is 23.8. The Morgan fingerprint density at radius 1 is 0.909 bits per heavy atom. The van der Waals surface area contributed by atoms with Crippen LogP contribution in [0.15, 0.2) is 30.4 Å². The molecular formula is C27H28F6. The van der Waals surface area contributed by atoms with Gasteiger partial charge in [-0.3, -0.25) is 0 Å². The Balaban J connectivity index is 1.51. The molecule has 0 aromatic heterocycles. The summed E-state index contributed by atoms with van der Waals surface area (Å²) in [5, 5.41) is 0. The van der Waals surface area contributed by atoms with Crippen LogP contribution in [-0.4, -0.2) is 6.18 Å². The molecule has 33 heavy (non-hydrogen) atoms. The van der Waals surface area contributed by atoms with Gasteiger partial charge in [0.05, 0.1) is 0 Å². The van der Waals surface area contributed by atoms with Gasteiger partial charge < -0.3 is 0 Å². The third-order valence-electron chi connectivity index (χ3n) is 7.17. The van der Waals surface area contributed by atoms with E-state index in [1.54, 1.807) is 12.1 Å². The number of halogens is 6. The first kappa shape index (κ1) is 23.9. The Morgan fingerprint density at radius 2 is 1.61 bits per heavy atom. The standard InChI is InChI=1S/C27H28F6/c1-2-3-4-6-16-8-10-17(11-9-16)20-15-21-19-13-12-18(7-5-14-27(31,32)33)24(28)22(19)23(21)26(30)25(20)29/h2-3,12-13,15-17H,4-11,14H2,1H3/b3-2+. The van der Waals surface area contributed by atoms with Gasteiger partial charge in [0.15, 0.2) is 11.6 Å². The maximum Gasteiger partial charge on any atom is 0.389 e. The number of benzene rings is 2. The van der Waals surface area contributed by atoms with Gasteiger partial charge in [0.1, 0.15) is 5.82 Å². The first-order valence-corrected chi connectivity index (χ1v) is 11.7. The summed E-state index contributed by atoms with van der Waals surface area (Å²) in [6.45, 7) is 2.00. The summed E-state index contributed by atoms with van der Waals surface area (Å²) in [7, 11) is 0. The first-order valence-electron chi connectivity index (χ1n) is 11.7. The summed E-state index contributed by atoms with van der Waals surface area (Å²) in [5.74, 6) is -2.16. The molecule has 0 atom stereocenters. The van der Waals surface area contributed by atoms with Crippen LogP contribution in [0.2, 0.25) is 0 Å². The molecule has 0 radical (unpaired) electrons. The molecule has 0 bridgehead atoms. The normalized spacial score (nSPS) is 20.0. The minimum Gasteiger partial charge on any atom is -0.206 e. The number of rotatable bonds is 7. The molecule has 1 saturated carbocycles. The third kappa shape index (κ3) is 4.85. The van der Waals surface area contributed by atoms with Crippen molar-refractivity contribution < 1.29 is 26.3 Å². The Kier molecular flexibility index (Phi) is 6.92. The monoisotopic (exact) mass is 466 g/mol. The molecule has 0 nitrogen and oxygen atoms in total. The largest absolute Gasteiger partial charge is 0.389 e. The van der Waals surface area contributed by atoms with Crippen molar-refractivity contribution in [2.45, 2.75) is 76.8 Å². The predicted molar refractivity (Wildman–Crippen MR) is 118 cm³/mol. The maximum absolute atomic E-state index is 15.0. The molecule has 178 valence electrons. The van der Waals surface area contributed by atoms with Crippen molar-refractivity contribution in [1.82, 2.24) is 0 Å². The number of hydrogen-bond acceptors (Lipinski definition) is 0. The molecule has 0 N–H and O–H groups in total. The van der Waals surface area contributed by atoms with Gasteiger partial charge in [0.25, 0.3) is 0 Å². The summed E-state index contributed by atoms with van der Waals surface area (Å²) in [4.78, 5) is 0. The van der Waals surface area contributed by atoms with Crippen LogP contribution in [-0.2, 0) is 6.42 Å². The van der Waals surface area contributed by atoms with E-state index in [9.17, 15) is 17.6 Å². The van der Waals surface area contributed by atoms with Crippen LogP contribution in [0.5, 0.6) is 0 Å². The zero-order valence-corrected chi connectivity index (χ0v) is 18.7. The smallest absolute Gasteiger partial charge is 0.206 e. The van der Waals surface area contributed by atoms with Crippen molar-refractivity contribution in [3.8, 4) is 22.3 Å².